The maximum atomic E-state index is 11.9. The lowest BCUT2D eigenvalue weighted by atomic mass is 9.73. The molecule has 0 unspecified atom stereocenters. The highest BCUT2D eigenvalue weighted by Gasteiger charge is 2.71. The smallest absolute Gasteiger partial charge is 0.140 e. The summed E-state index contributed by atoms with van der Waals surface area (Å²) in [6.45, 7) is 0. The SMILES string of the molecule is O=C1CC[C@@]23C=C[C@@]4(CCC(=O)[C@H]4[C@@H]12)O3. The van der Waals surface area contributed by atoms with Crippen LogP contribution in [-0.2, 0) is 14.3 Å². The van der Waals surface area contributed by atoms with E-state index >= 15 is 0 Å². The quantitative estimate of drug-likeness (QED) is 0.553. The minimum Gasteiger partial charge on any atom is -0.359 e. The normalized spacial score (nSPS) is 55.2. The van der Waals surface area contributed by atoms with Gasteiger partial charge in [-0.1, -0.05) is 12.2 Å². The number of ether oxygens (including phenoxy) is 1. The first-order valence-electron chi connectivity index (χ1n) is 5.63. The minimum atomic E-state index is -0.391. The van der Waals surface area contributed by atoms with Crippen LogP contribution in [-0.4, -0.2) is 22.8 Å². The Morgan fingerprint density at radius 2 is 1.47 bits per heavy atom. The molecule has 4 atom stereocenters. The van der Waals surface area contributed by atoms with Gasteiger partial charge < -0.3 is 4.74 Å². The van der Waals surface area contributed by atoms with E-state index in [9.17, 15) is 9.59 Å². The predicted octanol–water partition coefficient (Wildman–Crippen LogP) is 1.02. The van der Waals surface area contributed by atoms with Crippen LogP contribution in [0.5, 0.6) is 0 Å². The van der Waals surface area contributed by atoms with Crippen LogP contribution in [0.3, 0.4) is 0 Å². The van der Waals surface area contributed by atoms with E-state index in [4.69, 9.17) is 4.74 Å². The number of rotatable bonds is 0. The second kappa shape index (κ2) is 2.09. The van der Waals surface area contributed by atoms with Crippen LogP contribution < -0.4 is 0 Å². The van der Waals surface area contributed by atoms with Crippen LogP contribution in [0, 0.1) is 11.8 Å². The number of hydrogen-bond donors (Lipinski definition) is 0. The fraction of sp³-hybridized carbons (Fsp3) is 0.667. The summed E-state index contributed by atoms with van der Waals surface area (Å²) in [6, 6.07) is 0. The monoisotopic (exact) mass is 204 g/mol. The molecule has 0 aromatic heterocycles. The first kappa shape index (κ1) is 8.22. The van der Waals surface area contributed by atoms with Crippen LogP contribution in [0.25, 0.3) is 0 Å². The topological polar surface area (TPSA) is 43.4 Å². The van der Waals surface area contributed by atoms with Crippen molar-refractivity contribution < 1.29 is 14.3 Å². The van der Waals surface area contributed by atoms with Crippen molar-refractivity contribution in [1.82, 2.24) is 0 Å². The summed E-state index contributed by atoms with van der Waals surface area (Å²) in [5, 5.41) is 0. The van der Waals surface area contributed by atoms with Gasteiger partial charge in [0.1, 0.15) is 11.6 Å². The van der Waals surface area contributed by atoms with Crippen LogP contribution in [0.1, 0.15) is 25.7 Å². The van der Waals surface area contributed by atoms with Crippen LogP contribution in [0.4, 0.5) is 0 Å². The number of ketones is 2. The average Bonchev–Trinajstić information content (AvgIpc) is 2.88. The Morgan fingerprint density at radius 3 is 1.93 bits per heavy atom. The van der Waals surface area contributed by atoms with Crippen LogP contribution in [0.2, 0.25) is 0 Å². The van der Waals surface area contributed by atoms with Crippen LogP contribution in [0.15, 0.2) is 12.2 Å². The summed E-state index contributed by atoms with van der Waals surface area (Å²) in [5.74, 6) is 0.165. The summed E-state index contributed by atoms with van der Waals surface area (Å²) in [5.41, 5.74) is -0.782. The van der Waals surface area contributed by atoms with E-state index in [-0.39, 0.29) is 23.4 Å². The van der Waals surface area contributed by atoms with Gasteiger partial charge in [0, 0.05) is 12.8 Å². The zero-order valence-corrected chi connectivity index (χ0v) is 8.36. The predicted molar refractivity (Wildman–Crippen MR) is 51.1 cm³/mol. The van der Waals surface area contributed by atoms with Crippen molar-refractivity contribution in [3.63, 3.8) is 0 Å². The molecule has 4 rings (SSSR count). The number of carbonyl (C=O) groups excluding carboxylic acids is 2. The maximum Gasteiger partial charge on any atom is 0.140 e. The van der Waals surface area contributed by atoms with E-state index in [0.29, 0.717) is 12.8 Å². The molecule has 0 N–H and O–H groups in total. The molecule has 2 saturated carbocycles. The third-order valence-electron chi connectivity index (χ3n) is 4.63. The molecule has 2 bridgehead atoms. The average molecular weight is 204 g/mol. The largest absolute Gasteiger partial charge is 0.359 e. The highest BCUT2D eigenvalue weighted by Crippen LogP contribution is 2.63. The molecule has 3 nitrogen and oxygen atoms in total. The molecule has 3 heteroatoms. The van der Waals surface area contributed by atoms with Crippen LogP contribution >= 0.6 is 0 Å². The van der Waals surface area contributed by atoms with Crippen molar-refractivity contribution in [3.8, 4) is 0 Å². The second-order valence-corrected chi connectivity index (χ2v) is 5.23. The molecular weight excluding hydrogens is 192 g/mol. The van der Waals surface area contributed by atoms with Gasteiger partial charge in [-0.3, -0.25) is 9.59 Å². The Kier molecular flexibility index (Phi) is 1.15. The molecule has 2 heterocycles. The molecule has 0 aromatic carbocycles. The van der Waals surface area contributed by atoms with Gasteiger partial charge in [0.05, 0.1) is 23.0 Å². The standard InChI is InChI=1S/C12H12O3/c13-7-1-3-11-5-6-12(15-11)4-2-8(14)10(12)9(7)11/h5-6,9-10H,1-4H2/t9-,10+,11-,12-/m1/s1. The Labute approximate surface area is 87.5 Å². The zero-order valence-electron chi connectivity index (χ0n) is 8.36. The Hall–Kier alpha value is -0.960. The van der Waals surface area contributed by atoms with Gasteiger partial charge >= 0.3 is 0 Å². The van der Waals surface area contributed by atoms with E-state index in [2.05, 4.69) is 12.2 Å². The minimum absolute atomic E-state index is 0.155. The lowest BCUT2D eigenvalue weighted by Crippen LogP contribution is -2.38. The third kappa shape index (κ3) is 0.689. The molecule has 0 aromatic rings. The van der Waals surface area contributed by atoms with E-state index in [1.165, 1.54) is 0 Å². The molecule has 3 fully saturated rings. The fourth-order valence-electron chi connectivity index (χ4n) is 4.05. The van der Waals surface area contributed by atoms with Crippen molar-refractivity contribution in [2.75, 3.05) is 0 Å². The molecule has 0 radical (unpaired) electrons. The van der Waals surface area contributed by atoms with Crippen molar-refractivity contribution in [3.05, 3.63) is 12.2 Å². The molecule has 15 heavy (non-hydrogen) atoms. The van der Waals surface area contributed by atoms with E-state index in [0.717, 1.165) is 12.8 Å². The molecular formula is C12H12O3. The number of fused-ring (bicyclic) bond motifs is 1. The summed E-state index contributed by atoms with van der Waals surface area (Å²) in [4.78, 5) is 23.7. The van der Waals surface area contributed by atoms with Crippen molar-refractivity contribution in [2.24, 2.45) is 11.8 Å². The van der Waals surface area contributed by atoms with Gasteiger partial charge in [-0.25, -0.2) is 0 Å². The number of hydrogen-bond acceptors (Lipinski definition) is 3. The summed E-state index contributed by atoms with van der Waals surface area (Å²) in [6.07, 6.45) is 6.82. The van der Waals surface area contributed by atoms with Gasteiger partial charge in [-0.15, -0.1) is 0 Å². The van der Waals surface area contributed by atoms with Gasteiger partial charge in [0.25, 0.3) is 0 Å². The Balaban J connectivity index is 1.94. The van der Waals surface area contributed by atoms with E-state index in [1.54, 1.807) is 0 Å². The Bertz CT molecular complexity index is 387. The van der Waals surface area contributed by atoms with Gasteiger partial charge in [-0.05, 0) is 12.8 Å². The fourth-order valence-corrected chi connectivity index (χ4v) is 4.05. The molecule has 4 aliphatic rings. The lowest BCUT2D eigenvalue weighted by molar-refractivity contribution is -0.129. The van der Waals surface area contributed by atoms with E-state index in [1.807, 2.05) is 0 Å². The third-order valence-corrected chi connectivity index (χ3v) is 4.63. The first-order chi connectivity index (χ1) is 7.17. The maximum absolute atomic E-state index is 11.9. The van der Waals surface area contributed by atoms with Crippen molar-refractivity contribution in [1.29, 1.82) is 0 Å². The highest BCUT2D eigenvalue weighted by molar-refractivity contribution is 5.96. The van der Waals surface area contributed by atoms with Gasteiger partial charge in [0.2, 0.25) is 0 Å². The Morgan fingerprint density at radius 1 is 1.00 bits per heavy atom. The van der Waals surface area contributed by atoms with Crippen molar-refractivity contribution in [2.45, 2.75) is 36.9 Å². The van der Waals surface area contributed by atoms with Crippen molar-refractivity contribution >= 4 is 11.6 Å². The second-order valence-electron chi connectivity index (χ2n) is 5.23. The lowest BCUT2D eigenvalue weighted by Gasteiger charge is -2.24. The van der Waals surface area contributed by atoms with Gasteiger partial charge in [-0.2, -0.15) is 0 Å². The van der Waals surface area contributed by atoms with Gasteiger partial charge in [0.15, 0.2) is 0 Å². The summed E-state index contributed by atoms with van der Waals surface area (Å²) < 4.78 is 6.08. The molecule has 2 aliphatic carbocycles. The summed E-state index contributed by atoms with van der Waals surface area (Å²) in [7, 11) is 0. The molecule has 0 amide bonds. The molecule has 2 spiro atoms. The van der Waals surface area contributed by atoms with E-state index < -0.39 is 11.2 Å². The molecule has 2 aliphatic heterocycles. The summed E-state index contributed by atoms with van der Waals surface area (Å²) >= 11 is 0. The first-order valence-corrected chi connectivity index (χ1v) is 5.63. The zero-order chi connectivity index (χ0) is 10.3. The molecule has 78 valence electrons. The highest BCUT2D eigenvalue weighted by atomic mass is 16.5. The number of carbonyl (C=O) groups is 2. The number of Topliss-reactive ketones (excluding diaryl/α,β-unsaturated/α-hetero) is 2. The molecule has 1 saturated heterocycles.